The minimum Gasteiger partial charge on any atom is -0.481 e. The van der Waals surface area contributed by atoms with Crippen LogP contribution >= 0.6 is 11.8 Å². The number of carbonyl (C=O) groups is 2. The zero-order valence-corrected chi connectivity index (χ0v) is 11.3. The molecule has 0 aliphatic heterocycles. The highest BCUT2D eigenvalue weighted by Gasteiger charge is 2.05. The highest BCUT2D eigenvalue weighted by molar-refractivity contribution is 7.98. The van der Waals surface area contributed by atoms with Crippen LogP contribution in [0, 0.1) is 0 Å². The summed E-state index contributed by atoms with van der Waals surface area (Å²) in [6, 6.07) is 0.0156. The Balaban J connectivity index is 3.36. The normalized spacial score (nSPS) is 11.9. The molecule has 0 fully saturated rings. The van der Waals surface area contributed by atoms with E-state index in [0.717, 1.165) is 18.6 Å². The molecule has 1 unspecified atom stereocenters. The minimum absolute atomic E-state index is 0.148. The van der Waals surface area contributed by atoms with Gasteiger partial charge in [0, 0.05) is 24.8 Å². The summed E-state index contributed by atoms with van der Waals surface area (Å²) in [6.07, 6.45) is 4.52. The van der Waals surface area contributed by atoms with Gasteiger partial charge < -0.3 is 15.7 Å². The molecule has 0 rings (SSSR count). The molecule has 0 aliphatic carbocycles. The summed E-state index contributed by atoms with van der Waals surface area (Å²) in [5, 5.41) is 14.0. The molecule has 0 aromatic rings. The number of urea groups is 1. The molecule has 5 nitrogen and oxygen atoms in total. The van der Waals surface area contributed by atoms with Gasteiger partial charge in [-0.2, -0.15) is 11.8 Å². The maximum atomic E-state index is 11.3. The molecule has 0 aromatic carbocycles. The van der Waals surface area contributed by atoms with Gasteiger partial charge in [-0.3, -0.25) is 4.79 Å². The van der Waals surface area contributed by atoms with E-state index in [-0.39, 0.29) is 18.5 Å². The maximum absolute atomic E-state index is 11.3. The molecule has 0 aromatic heterocycles. The van der Waals surface area contributed by atoms with Crippen molar-refractivity contribution in [2.75, 3.05) is 18.6 Å². The zero-order valence-electron chi connectivity index (χ0n) is 10.5. The summed E-state index contributed by atoms with van der Waals surface area (Å²) in [7, 11) is 0. The number of carbonyl (C=O) groups excluding carboxylic acids is 1. The first-order valence-electron chi connectivity index (χ1n) is 5.81. The van der Waals surface area contributed by atoms with Gasteiger partial charge in [-0.1, -0.05) is 6.42 Å². The van der Waals surface area contributed by atoms with Gasteiger partial charge in [0.05, 0.1) is 0 Å². The van der Waals surface area contributed by atoms with Crippen molar-refractivity contribution in [1.82, 2.24) is 10.6 Å². The van der Waals surface area contributed by atoms with Gasteiger partial charge in [0.25, 0.3) is 0 Å². The van der Waals surface area contributed by atoms with Crippen molar-refractivity contribution in [3.05, 3.63) is 0 Å². The van der Waals surface area contributed by atoms with Gasteiger partial charge in [-0.25, -0.2) is 4.79 Å². The number of nitrogens with one attached hydrogen (secondary N) is 2. The van der Waals surface area contributed by atoms with Crippen LogP contribution in [0.5, 0.6) is 0 Å². The third-order valence-electron chi connectivity index (χ3n) is 2.15. The number of aliphatic carboxylic acids is 1. The highest BCUT2D eigenvalue weighted by Crippen LogP contribution is 1.98. The van der Waals surface area contributed by atoms with Crippen LogP contribution in [0.4, 0.5) is 4.79 Å². The van der Waals surface area contributed by atoms with E-state index in [9.17, 15) is 9.59 Å². The van der Waals surface area contributed by atoms with Gasteiger partial charge in [0.1, 0.15) is 0 Å². The lowest BCUT2D eigenvalue weighted by Crippen LogP contribution is -2.42. The minimum atomic E-state index is -0.762. The number of rotatable bonds is 9. The topological polar surface area (TPSA) is 78.4 Å². The molecule has 0 saturated carbocycles. The standard InChI is InChI=1S/C11H22N2O3S/c1-9(8-17-2)13-11(16)12-7-5-3-4-6-10(14)15/h9H,3-8H2,1-2H3,(H,14,15)(H2,12,13,16). The van der Waals surface area contributed by atoms with E-state index in [1.165, 1.54) is 0 Å². The Hall–Kier alpha value is -0.910. The zero-order chi connectivity index (χ0) is 13.1. The van der Waals surface area contributed by atoms with Gasteiger partial charge in [0.15, 0.2) is 0 Å². The van der Waals surface area contributed by atoms with E-state index in [4.69, 9.17) is 5.11 Å². The molecular formula is C11H22N2O3S. The largest absolute Gasteiger partial charge is 0.481 e. The molecule has 0 saturated heterocycles. The molecule has 2 amide bonds. The van der Waals surface area contributed by atoms with Crippen molar-refractivity contribution in [1.29, 1.82) is 0 Å². The van der Waals surface area contributed by atoms with Gasteiger partial charge in [-0.15, -0.1) is 0 Å². The smallest absolute Gasteiger partial charge is 0.315 e. The molecule has 0 aliphatic rings. The number of unbranched alkanes of at least 4 members (excludes halogenated alkanes) is 2. The van der Waals surface area contributed by atoms with Crippen LogP contribution in [0.25, 0.3) is 0 Å². The summed E-state index contributed by atoms with van der Waals surface area (Å²) < 4.78 is 0. The molecule has 100 valence electrons. The van der Waals surface area contributed by atoms with E-state index >= 15 is 0 Å². The SMILES string of the molecule is CSCC(C)NC(=O)NCCCCCC(=O)O. The van der Waals surface area contributed by atoms with Crippen LogP contribution in [0.2, 0.25) is 0 Å². The van der Waals surface area contributed by atoms with E-state index < -0.39 is 5.97 Å². The number of thioether (sulfide) groups is 1. The maximum Gasteiger partial charge on any atom is 0.315 e. The van der Waals surface area contributed by atoms with Crippen molar-refractivity contribution in [3.63, 3.8) is 0 Å². The second-order valence-electron chi connectivity index (χ2n) is 3.96. The van der Waals surface area contributed by atoms with Crippen molar-refractivity contribution >= 4 is 23.8 Å². The molecule has 1 atom stereocenters. The Bertz CT molecular complexity index is 237. The van der Waals surface area contributed by atoms with Crippen LogP contribution in [0.1, 0.15) is 32.6 Å². The molecule has 0 radical (unpaired) electrons. The predicted molar refractivity (Wildman–Crippen MR) is 70.5 cm³/mol. The first kappa shape index (κ1) is 16.1. The fraction of sp³-hybridized carbons (Fsp3) is 0.818. The summed E-state index contributed by atoms with van der Waals surface area (Å²) in [5.41, 5.74) is 0. The van der Waals surface area contributed by atoms with E-state index in [1.807, 2.05) is 13.2 Å². The molecule has 3 N–H and O–H groups in total. The fourth-order valence-corrected chi connectivity index (χ4v) is 1.93. The number of hydrogen-bond acceptors (Lipinski definition) is 3. The monoisotopic (exact) mass is 262 g/mol. The molecule has 17 heavy (non-hydrogen) atoms. The van der Waals surface area contributed by atoms with Crippen LogP contribution in [-0.4, -0.2) is 41.7 Å². The molecule has 0 bridgehead atoms. The van der Waals surface area contributed by atoms with E-state index in [1.54, 1.807) is 11.8 Å². The van der Waals surface area contributed by atoms with E-state index in [2.05, 4.69) is 10.6 Å². The Morgan fingerprint density at radius 1 is 1.29 bits per heavy atom. The lowest BCUT2D eigenvalue weighted by molar-refractivity contribution is -0.137. The summed E-state index contributed by atoms with van der Waals surface area (Å²) in [4.78, 5) is 21.6. The highest BCUT2D eigenvalue weighted by atomic mass is 32.2. The number of hydrogen-bond donors (Lipinski definition) is 3. The lowest BCUT2D eigenvalue weighted by atomic mass is 10.2. The third-order valence-corrected chi connectivity index (χ3v) is 2.98. The molecule has 6 heteroatoms. The summed E-state index contributed by atoms with van der Waals surface area (Å²) in [5.74, 6) is 0.132. The lowest BCUT2D eigenvalue weighted by Gasteiger charge is -2.13. The second kappa shape index (κ2) is 10.3. The second-order valence-corrected chi connectivity index (χ2v) is 4.87. The Labute approximate surface area is 107 Å². The predicted octanol–water partition coefficient (Wildman–Crippen LogP) is 1.68. The summed E-state index contributed by atoms with van der Waals surface area (Å²) >= 11 is 1.69. The fourth-order valence-electron chi connectivity index (χ4n) is 1.35. The first-order chi connectivity index (χ1) is 8.06. The first-order valence-corrected chi connectivity index (χ1v) is 7.20. The molecular weight excluding hydrogens is 240 g/mol. The van der Waals surface area contributed by atoms with Crippen molar-refractivity contribution in [2.45, 2.75) is 38.6 Å². The number of carboxylic acids is 1. The Kier molecular flexibility index (Phi) is 9.71. The molecule has 0 heterocycles. The average molecular weight is 262 g/mol. The van der Waals surface area contributed by atoms with Crippen LogP contribution in [0.3, 0.4) is 0 Å². The van der Waals surface area contributed by atoms with E-state index in [0.29, 0.717) is 13.0 Å². The quantitative estimate of drug-likeness (QED) is 0.552. The van der Waals surface area contributed by atoms with Crippen molar-refractivity contribution < 1.29 is 14.7 Å². The third kappa shape index (κ3) is 11.4. The van der Waals surface area contributed by atoms with Gasteiger partial charge in [0.2, 0.25) is 0 Å². The summed E-state index contributed by atoms with van der Waals surface area (Å²) in [6.45, 7) is 2.56. The van der Waals surface area contributed by atoms with Crippen molar-refractivity contribution in [3.8, 4) is 0 Å². The average Bonchev–Trinajstić information content (AvgIpc) is 2.23. The Morgan fingerprint density at radius 2 is 2.00 bits per heavy atom. The number of carboxylic acid groups (broad SMARTS) is 1. The van der Waals surface area contributed by atoms with Crippen LogP contribution < -0.4 is 10.6 Å². The van der Waals surface area contributed by atoms with Crippen LogP contribution in [0.15, 0.2) is 0 Å². The van der Waals surface area contributed by atoms with Crippen LogP contribution in [-0.2, 0) is 4.79 Å². The van der Waals surface area contributed by atoms with Crippen molar-refractivity contribution in [2.24, 2.45) is 0 Å². The number of amides is 2. The molecule has 0 spiro atoms. The Morgan fingerprint density at radius 3 is 2.59 bits per heavy atom. The van der Waals surface area contributed by atoms with Gasteiger partial charge in [-0.05, 0) is 26.0 Å². The van der Waals surface area contributed by atoms with Gasteiger partial charge >= 0.3 is 12.0 Å².